The van der Waals surface area contributed by atoms with Gasteiger partial charge < -0.3 is 14.7 Å². The topological polar surface area (TPSA) is 97.0 Å². The van der Waals surface area contributed by atoms with E-state index >= 15 is 0 Å². The predicted molar refractivity (Wildman–Crippen MR) is 105 cm³/mol. The molecule has 144 valence electrons. The van der Waals surface area contributed by atoms with Crippen molar-refractivity contribution >= 4 is 29.1 Å². The van der Waals surface area contributed by atoms with Crippen molar-refractivity contribution in [1.29, 1.82) is 0 Å². The van der Waals surface area contributed by atoms with Crippen LogP contribution < -0.4 is 10.2 Å². The van der Waals surface area contributed by atoms with Crippen LogP contribution >= 0.6 is 11.6 Å². The van der Waals surface area contributed by atoms with Gasteiger partial charge in [0, 0.05) is 25.5 Å². The van der Waals surface area contributed by atoms with Crippen molar-refractivity contribution in [1.82, 2.24) is 20.1 Å². The molecule has 1 aliphatic rings. The molecular weight excluding hydrogens is 380 g/mol. The Labute approximate surface area is 166 Å². The Bertz CT molecular complexity index is 975. The standard InChI is InChI=1S/C19H19ClN6O2/c1-12-23-19(28-25-12)15-5-2-8-21-17(15)26-9-3-4-13(11-26)18(27)24-16-7-6-14(20)10-22-16/h2,5-8,10,13H,3-4,9,11H2,1H3,(H,22,24,27). The molecule has 0 saturated carbocycles. The molecule has 1 atom stereocenters. The molecule has 1 amide bonds. The summed E-state index contributed by atoms with van der Waals surface area (Å²) in [5.41, 5.74) is 0.767. The molecule has 1 fully saturated rings. The zero-order chi connectivity index (χ0) is 19.5. The summed E-state index contributed by atoms with van der Waals surface area (Å²) in [5, 5.41) is 7.25. The van der Waals surface area contributed by atoms with Gasteiger partial charge in [-0.3, -0.25) is 4.79 Å². The number of aromatic nitrogens is 4. The van der Waals surface area contributed by atoms with E-state index < -0.39 is 0 Å². The van der Waals surface area contributed by atoms with E-state index in [1.807, 2.05) is 12.1 Å². The molecule has 1 aliphatic heterocycles. The van der Waals surface area contributed by atoms with Gasteiger partial charge in [0.05, 0.1) is 16.5 Å². The van der Waals surface area contributed by atoms with Gasteiger partial charge in [-0.1, -0.05) is 16.8 Å². The van der Waals surface area contributed by atoms with Gasteiger partial charge in [0.1, 0.15) is 11.6 Å². The van der Waals surface area contributed by atoms with Gasteiger partial charge in [0.25, 0.3) is 5.89 Å². The van der Waals surface area contributed by atoms with Gasteiger partial charge in [-0.2, -0.15) is 4.98 Å². The van der Waals surface area contributed by atoms with Crippen LogP contribution in [0.2, 0.25) is 5.02 Å². The zero-order valence-electron chi connectivity index (χ0n) is 15.3. The maximum absolute atomic E-state index is 12.7. The molecule has 0 aliphatic carbocycles. The molecule has 4 rings (SSSR count). The highest BCUT2D eigenvalue weighted by Gasteiger charge is 2.29. The largest absolute Gasteiger partial charge is 0.355 e. The molecule has 8 nitrogen and oxygen atoms in total. The number of rotatable bonds is 4. The molecule has 28 heavy (non-hydrogen) atoms. The number of halogens is 1. The molecule has 3 aromatic heterocycles. The average Bonchev–Trinajstić information content (AvgIpc) is 3.16. The number of carbonyl (C=O) groups excluding carboxylic acids is 1. The molecule has 0 spiro atoms. The second-order valence-corrected chi connectivity index (χ2v) is 7.09. The fourth-order valence-corrected chi connectivity index (χ4v) is 3.40. The number of hydrogen-bond donors (Lipinski definition) is 1. The molecule has 3 aromatic rings. The first kappa shape index (κ1) is 18.4. The number of anilines is 2. The van der Waals surface area contributed by atoms with Crippen molar-refractivity contribution in [3.8, 4) is 11.5 Å². The summed E-state index contributed by atoms with van der Waals surface area (Å²) in [4.78, 5) is 27.8. The third kappa shape index (κ3) is 3.96. The van der Waals surface area contributed by atoms with Gasteiger partial charge in [0.15, 0.2) is 5.82 Å². The minimum absolute atomic E-state index is 0.0642. The Morgan fingerprint density at radius 1 is 1.32 bits per heavy atom. The van der Waals surface area contributed by atoms with Crippen LogP contribution in [0.3, 0.4) is 0 Å². The highest BCUT2D eigenvalue weighted by molar-refractivity contribution is 6.30. The molecule has 4 heterocycles. The van der Waals surface area contributed by atoms with E-state index in [9.17, 15) is 4.79 Å². The summed E-state index contributed by atoms with van der Waals surface area (Å²) in [6.07, 6.45) is 4.92. The van der Waals surface area contributed by atoms with Crippen molar-refractivity contribution < 1.29 is 9.32 Å². The number of carbonyl (C=O) groups is 1. The van der Waals surface area contributed by atoms with Crippen molar-refractivity contribution in [2.45, 2.75) is 19.8 Å². The number of hydrogen-bond acceptors (Lipinski definition) is 7. The normalized spacial score (nSPS) is 16.8. The summed E-state index contributed by atoms with van der Waals surface area (Å²) < 4.78 is 5.32. The molecule has 1 N–H and O–H groups in total. The molecule has 0 aromatic carbocycles. The van der Waals surface area contributed by atoms with E-state index in [4.69, 9.17) is 16.1 Å². The molecule has 0 radical (unpaired) electrons. The third-order valence-electron chi connectivity index (χ3n) is 4.62. The van der Waals surface area contributed by atoms with Crippen LogP contribution in [0, 0.1) is 12.8 Å². The van der Waals surface area contributed by atoms with Crippen LogP contribution in [0.4, 0.5) is 11.6 Å². The van der Waals surface area contributed by atoms with E-state index in [2.05, 4.69) is 30.3 Å². The van der Waals surface area contributed by atoms with Crippen LogP contribution in [0.5, 0.6) is 0 Å². The smallest absolute Gasteiger partial charge is 0.261 e. The van der Waals surface area contributed by atoms with E-state index in [0.29, 0.717) is 29.1 Å². The predicted octanol–water partition coefficient (Wildman–Crippen LogP) is 3.34. The van der Waals surface area contributed by atoms with Crippen molar-refractivity contribution in [2.75, 3.05) is 23.3 Å². The summed E-state index contributed by atoms with van der Waals surface area (Å²) in [5.74, 6) is 1.99. The molecular formula is C19H19ClN6O2. The Morgan fingerprint density at radius 2 is 2.21 bits per heavy atom. The van der Waals surface area contributed by atoms with Crippen LogP contribution in [0.25, 0.3) is 11.5 Å². The fourth-order valence-electron chi connectivity index (χ4n) is 3.28. The first-order chi connectivity index (χ1) is 13.6. The fraction of sp³-hybridized carbons (Fsp3) is 0.316. The first-order valence-electron chi connectivity index (χ1n) is 9.03. The first-order valence-corrected chi connectivity index (χ1v) is 9.41. The van der Waals surface area contributed by atoms with Crippen LogP contribution in [0.1, 0.15) is 18.7 Å². The number of nitrogens with one attached hydrogen (secondary N) is 1. The Hall–Kier alpha value is -3.00. The van der Waals surface area contributed by atoms with Crippen LogP contribution in [-0.2, 0) is 4.79 Å². The maximum atomic E-state index is 12.7. The Kier molecular flexibility index (Phi) is 5.21. The van der Waals surface area contributed by atoms with E-state index in [-0.39, 0.29) is 11.8 Å². The molecule has 0 bridgehead atoms. The summed E-state index contributed by atoms with van der Waals surface area (Å²) in [6.45, 7) is 3.13. The summed E-state index contributed by atoms with van der Waals surface area (Å²) in [6, 6.07) is 7.12. The quantitative estimate of drug-likeness (QED) is 0.719. The lowest BCUT2D eigenvalue weighted by Crippen LogP contribution is -2.41. The molecule has 1 unspecified atom stereocenters. The minimum atomic E-state index is -0.175. The lowest BCUT2D eigenvalue weighted by Gasteiger charge is -2.33. The number of piperidine rings is 1. The Balaban J connectivity index is 1.51. The molecule has 9 heteroatoms. The second-order valence-electron chi connectivity index (χ2n) is 6.66. The number of aryl methyl sites for hydroxylation is 1. The summed E-state index contributed by atoms with van der Waals surface area (Å²) >= 11 is 5.84. The van der Waals surface area contributed by atoms with Gasteiger partial charge in [-0.05, 0) is 44.0 Å². The van der Waals surface area contributed by atoms with E-state index in [1.165, 1.54) is 6.20 Å². The van der Waals surface area contributed by atoms with Crippen molar-refractivity contribution in [3.63, 3.8) is 0 Å². The van der Waals surface area contributed by atoms with Crippen molar-refractivity contribution in [2.24, 2.45) is 5.92 Å². The zero-order valence-corrected chi connectivity index (χ0v) is 16.1. The van der Waals surface area contributed by atoms with Crippen molar-refractivity contribution in [3.05, 3.63) is 47.5 Å². The lowest BCUT2D eigenvalue weighted by atomic mass is 9.96. The average molecular weight is 399 g/mol. The van der Waals surface area contributed by atoms with Gasteiger partial charge in [0.2, 0.25) is 5.91 Å². The monoisotopic (exact) mass is 398 g/mol. The number of pyridine rings is 2. The number of amides is 1. The van der Waals surface area contributed by atoms with Crippen LogP contribution in [0.15, 0.2) is 41.2 Å². The van der Waals surface area contributed by atoms with Gasteiger partial charge >= 0.3 is 0 Å². The lowest BCUT2D eigenvalue weighted by molar-refractivity contribution is -0.120. The molecule has 1 saturated heterocycles. The minimum Gasteiger partial charge on any atom is -0.355 e. The highest BCUT2D eigenvalue weighted by atomic mass is 35.5. The van der Waals surface area contributed by atoms with Gasteiger partial charge in [-0.15, -0.1) is 0 Å². The van der Waals surface area contributed by atoms with Crippen LogP contribution in [-0.4, -0.2) is 39.1 Å². The number of nitrogens with zero attached hydrogens (tertiary/aromatic N) is 5. The highest BCUT2D eigenvalue weighted by Crippen LogP contribution is 2.31. The maximum Gasteiger partial charge on any atom is 0.261 e. The van der Waals surface area contributed by atoms with E-state index in [0.717, 1.165) is 30.8 Å². The third-order valence-corrected chi connectivity index (χ3v) is 4.84. The Morgan fingerprint density at radius 3 is 2.96 bits per heavy atom. The second kappa shape index (κ2) is 7.93. The SMILES string of the molecule is Cc1noc(-c2cccnc2N2CCCC(C(=O)Nc3ccc(Cl)cn3)C2)n1. The summed E-state index contributed by atoms with van der Waals surface area (Å²) in [7, 11) is 0. The van der Waals surface area contributed by atoms with Gasteiger partial charge in [-0.25, -0.2) is 9.97 Å². The van der Waals surface area contributed by atoms with E-state index in [1.54, 1.807) is 25.3 Å².